The second-order valence-corrected chi connectivity index (χ2v) is 2.60. The van der Waals surface area contributed by atoms with Gasteiger partial charge < -0.3 is 0 Å². The largest absolute Gasteiger partial charge is 0.149 e. The van der Waals surface area contributed by atoms with Gasteiger partial charge in [-0.3, -0.25) is 0 Å². The zero-order valence-electron chi connectivity index (χ0n) is 4.63. The van der Waals surface area contributed by atoms with Crippen molar-refractivity contribution in [1.29, 1.82) is 0 Å². The van der Waals surface area contributed by atoms with Crippen molar-refractivity contribution in [3.05, 3.63) is 35.0 Å². The Labute approximate surface area is 53.5 Å². The maximum absolute atomic E-state index is 3.64. The molecule has 0 aliphatic carbocycles. The molecule has 0 saturated carbocycles. The third-order valence-corrected chi connectivity index (χ3v) is 1.82. The minimum atomic E-state index is 1.01. The van der Waals surface area contributed by atoms with Crippen molar-refractivity contribution in [3.63, 3.8) is 0 Å². The van der Waals surface area contributed by atoms with Crippen LogP contribution in [0.1, 0.15) is 4.88 Å². The third kappa shape index (κ3) is 1.20. The molecule has 0 bridgehead atoms. The summed E-state index contributed by atoms with van der Waals surface area (Å²) in [5.74, 6) is 0. The standard InChI is InChI=1S/C7H8S/c1-2-4-7-5-3-6-8-7/h2-3,5-6H,1,4H2. The number of hydrogen-bond acceptors (Lipinski definition) is 1. The lowest BCUT2D eigenvalue weighted by atomic mass is 10.3. The van der Waals surface area contributed by atoms with Crippen LogP contribution in [-0.2, 0) is 6.42 Å². The molecule has 1 aromatic heterocycles. The molecule has 0 saturated heterocycles. The van der Waals surface area contributed by atoms with Gasteiger partial charge in [-0.15, -0.1) is 17.9 Å². The predicted octanol–water partition coefficient (Wildman–Crippen LogP) is 2.48. The van der Waals surface area contributed by atoms with Crippen molar-refractivity contribution in [2.45, 2.75) is 6.42 Å². The second kappa shape index (κ2) is 2.68. The van der Waals surface area contributed by atoms with Gasteiger partial charge in [-0.25, -0.2) is 0 Å². The lowest BCUT2D eigenvalue weighted by molar-refractivity contribution is 1.36. The van der Waals surface area contributed by atoms with E-state index in [-0.39, 0.29) is 0 Å². The van der Waals surface area contributed by atoms with Gasteiger partial charge in [0.05, 0.1) is 0 Å². The molecule has 0 N–H and O–H groups in total. The minimum absolute atomic E-state index is 1.01. The summed E-state index contributed by atoms with van der Waals surface area (Å²) in [5, 5.41) is 2.08. The monoisotopic (exact) mass is 124 g/mol. The first kappa shape index (κ1) is 5.57. The molecule has 1 aromatic rings. The Morgan fingerprint density at radius 2 is 2.62 bits per heavy atom. The predicted molar refractivity (Wildman–Crippen MR) is 38.2 cm³/mol. The first-order valence-electron chi connectivity index (χ1n) is 2.57. The topological polar surface area (TPSA) is 0 Å². The quantitative estimate of drug-likeness (QED) is 0.531. The minimum Gasteiger partial charge on any atom is -0.149 e. The smallest absolute Gasteiger partial charge is 0.00827 e. The van der Waals surface area contributed by atoms with Crippen molar-refractivity contribution in [2.24, 2.45) is 0 Å². The van der Waals surface area contributed by atoms with Gasteiger partial charge in [-0.2, -0.15) is 0 Å². The molecule has 0 aliphatic rings. The summed E-state index contributed by atoms with van der Waals surface area (Å²) < 4.78 is 0. The fraction of sp³-hybridized carbons (Fsp3) is 0.143. The third-order valence-electron chi connectivity index (χ3n) is 0.926. The van der Waals surface area contributed by atoms with Gasteiger partial charge >= 0.3 is 0 Å². The molecule has 0 fully saturated rings. The van der Waals surface area contributed by atoms with Gasteiger partial charge in [0.1, 0.15) is 0 Å². The summed E-state index contributed by atoms with van der Waals surface area (Å²) in [6.07, 6.45) is 2.93. The van der Waals surface area contributed by atoms with Crippen molar-refractivity contribution in [2.75, 3.05) is 0 Å². The summed E-state index contributed by atoms with van der Waals surface area (Å²) in [7, 11) is 0. The summed E-state index contributed by atoms with van der Waals surface area (Å²) in [6, 6.07) is 4.18. The molecule has 0 atom stereocenters. The Morgan fingerprint density at radius 3 is 3.12 bits per heavy atom. The number of rotatable bonds is 2. The van der Waals surface area contributed by atoms with E-state index in [4.69, 9.17) is 0 Å². The van der Waals surface area contributed by atoms with E-state index in [1.807, 2.05) is 6.08 Å². The van der Waals surface area contributed by atoms with Crippen molar-refractivity contribution in [3.8, 4) is 0 Å². The Hall–Kier alpha value is -0.560. The van der Waals surface area contributed by atoms with Gasteiger partial charge in [-0.1, -0.05) is 12.1 Å². The fourth-order valence-electron chi connectivity index (χ4n) is 0.571. The maximum atomic E-state index is 3.64. The van der Waals surface area contributed by atoms with E-state index < -0.39 is 0 Å². The van der Waals surface area contributed by atoms with Crippen LogP contribution in [0.3, 0.4) is 0 Å². The highest BCUT2D eigenvalue weighted by Gasteiger charge is 1.84. The first-order chi connectivity index (χ1) is 3.93. The van der Waals surface area contributed by atoms with E-state index >= 15 is 0 Å². The van der Waals surface area contributed by atoms with Crippen molar-refractivity contribution < 1.29 is 0 Å². The Morgan fingerprint density at radius 1 is 1.75 bits per heavy atom. The van der Waals surface area contributed by atoms with E-state index in [1.165, 1.54) is 4.88 Å². The molecular weight excluding hydrogens is 116 g/mol. The van der Waals surface area contributed by atoms with E-state index in [0.29, 0.717) is 0 Å². The molecule has 0 aliphatic heterocycles. The van der Waals surface area contributed by atoms with Crippen LogP contribution in [0.2, 0.25) is 0 Å². The molecule has 1 heteroatoms. The molecule has 1 heterocycles. The molecule has 0 aromatic carbocycles. The molecule has 42 valence electrons. The van der Waals surface area contributed by atoms with Crippen LogP contribution in [0, 0.1) is 0 Å². The van der Waals surface area contributed by atoms with E-state index in [2.05, 4.69) is 24.1 Å². The summed E-state index contributed by atoms with van der Waals surface area (Å²) in [4.78, 5) is 1.39. The Kier molecular flexibility index (Phi) is 1.86. The van der Waals surface area contributed by atoms with Gasteiger partial charge in [0, 0.05) is 4.88 Å². The van der Waals surface area contributed by atoms with Crippen LogP contribution in [0.15, 0.2) is 30.2 Å². The average Bonchev–Trinajstić information content (AvgIpc) is 2.19. The Bertz CT molecular complexity index is 151. The summed E-state index contributed by atoms with van der Waals surface area (Å²) >= 11 is 1.78. The van der Waals surface area contributed by atoms with Gasteiger partial charge in [0.15, 0.2) is 0 Å². The molecule has 8 heavy (non-hydrogen) atoms. The van der Waals surface area contributed by atoms with Crippen LogP contribution in [-0.4, -0.2) is 0 Å². The molecule has 1 rings (SSSR count). The fourth-order valence-corrected chi connectivity index (χ4v) is 1.27. The lowest BCUT2D eigenvalue weighted by Gasteiger charge is -1.81. The van der Waals surface area contributed by atoms with Crippen LogP contribution in [0.5, 0.6) is 0 Å². The second-order valence-electron chi connectivity index (χ2n) is 1.57. The van der Waals surface area contributed by atoms with E-state index in [0.717, 1.165) is 6.42 Å². The SMILES string of the molecule is C=CCc1cccs1. The van der Waals surface area contributed by atoms with Gasteiger partial charge in [0.2, 0.25) is 0 Å². The Balaban J connectivity index is 2.62. The number of thiophene rings is 1. The van der Waals surface area contributed by atoms with E-state index in [9.17, 15) is 0 Å². The van der Waals surface area contributed by atoms with Crippen molar-refractivity contribution in [1.82, 2.24) is 0 Å². The van der Waals surface area contributed by atoms with Crippen LogP contribution < -0.4 is 0 Å². The highest BCUT2D eigenvalue weighted by molar-refractivity contribution is 7.09. The van der Waals surface area contributed by atoms with Gasteiger partial charge in [0.25, 0.3) is 0 Å². The lowest BCUT2D eigenvalue weighted by Crippen LogP contribution is -1.66. The molecular formula is C7H8S. The number of hydrogen-bond donors (Lipinski definition) is 0. The van der Waals surface area contributed by atoms with Gasteiger partial charge in [-0.05, 0) is 17.9 Å². The molecule has 0 unspecified atom stereocenters. The zero-order valence-corrected chi connectivity index (χ0v) is 5.45. The van der Waals surface area contributed by atoms with Crippen molar-refractivity contribution >= 4 is 11.3 Å². The first-order valence-corrected chi connectivity index (χ1v) is 3.44. The summed E-state index contributed by atoms with van der Waals surface area (Å²) in [5.41, 5.74) is 0. The van der Waals surface area contributed by atoms with Crippen LogP contribution in [0.4, 0.5) is 0 Å². The highest BCUT2D eigenvalue weighted by atomic mass is 32.1. The number of allylic oxidation sites excluding steroid dienone is 1. The van der Waals surface area contributed by atoms with Crippen LogP contribution in [0.25, 0.3) is 0 Å². The zero-order chi connectivity index (χ0) is 5.82. The molecule has 0 amide bonds. The average molecular weight is 124 g/mol. The maximum Gasteiger partial charge on any atom is 0.00827 e. The molecule has 0 nitrogen and oxygen atoms in total. The van der Waals surface area contributed by atoms with Crippen LogP contribution >= 0.6 is 11.3 Å². The normalized spacial score (nSPS) is 9.00. The molecule has 0 radical (unpaired) electrons. The van der Waals surface area contributed by atoms with E-state index in [1.54, 1.807) is 11.3 Å². The highest BCUT2D eigenvalue weighted by Crippen LogP contribution is 2.08. The molecule has 0 spiro atoms. The summed E-state index contributed by atoms with van der Waals surface area (Å²) in [6.45, 7) is 3.64.